The normalized spacial score (nSPS) is 23.9. The number of carboxylic acids is 1. The Hall–Kier alpha value is -5.95. The van der Waals surface area contributed by atoms with Gasteiger partial charge in [0.1, 0.15) is 60.5 Å². The number of aliphatic hydroxyl groups excluding tert-OH is 3. The van der Waals surface area contributed by atoms with Crippen LogP contribution in [0.4, 0.5) is 0 Å². The molecule has 0 aromatic rings. The van der Waals surface area contributed by atoms with Gasteiger partial charge >= 0.3 is 11.9 Å². The monoisotopic (exact) mass is 1140 g/mol. The molecule has 458 valence electrons. The van der Waals surface area contributed by atoms with Crippen LogP contribution in [-0.2, 0) is 57.5 Å². The fourth-order valence-corrected chi connectivity index (χ4v) is 8.82. The molecule has 25 nitrogen and oxygen atoms in total. The minimum Gasteiger partial charge on any atom is -0.481 e. The van der Waals surface area contributed by atoms with Crippen molar-refractivity contribution in [1.29, 1.82) is 0 Å². The van der Waals surface area contributed by atoms with Gasteiger partial charge in [-0.2, -0.15) is 0 Å². The SMILES string of the molecule is CCCCCCC[C@H](O)CC(=O)N[C@@H](CC(C)C)C(=O)N[C@H](CCC(=O)O)C(=O)N[C@H]1C(=O)N[C@H]([C@@H](C)CC)C(=O)N[C@@H](CC(C)C)C(=O)N[C@H](CO)C(=O)N[C@@H](CC(C)C)C(=O)N[C@H](CO)C(=O)N[C@@H](CC(C)C)C(=O)O[C@@H]1C. The number of aliphatic carboxylic acids is 1. The Labute approximate surface area is 471 Å². The number of rotatable bonds is 28. The summed E-state index contributed by atoms with van der Waals surface area (Å²) in [5.74, 6) is -12.9. The van der Waals surface area contributed by atoms with Gasteiger partial charge in [-0.1, -0.05) is 115 Å². The van der Waals surface area contributed by atoms with Crippen molar-refractivity contribution >= 4 is 65.1 Å². The molecule has 0 aromatic carbocycles. The van der Waals surface area contributed by atoms with E-state index in [4.69, 9.17) is 4.74 Å². The number of hydrogen-bond acceptors (Lipinski definition) is 15. The number of aliphatic hydroxyl groups is 3. The summed E-state index contributed by atoms with van der Waals surface area (Å²) >= 11 is 0. The summed E-state index contributed by atoms with van der Waals surface area (Å²) in [4.78, 5) is 152. The molecule has 80 heavy (non-hydrogen) atoms. The van der Waals surface area contributed by atoms with Gasteiger partial charge in [-0.3, -0.25) is 47.9 Å². The fourth-order valence-electron chi connectivity index (χ4n) is 8.82. The van der Waals surface area contributed by atoms with Gasteiger partial charge < -0.3 is 73.0 Å². The Balaban J connectivity index is 4.03. The van der Waals surface area contributed by atoms with E-state index in [2.05, 4.69) is 54.8 Å². The van der Waals surface area contributed by atoms with Crippen molar-refractivity contribution in [3.8, 4) is 0 Å². The highest BCUT2D eigenvalue weighted by atomic mass is 16.5. The molecule has 0 aromatic heterocycles. The van der Waals surface area contributed by atoms with E-state index in [1.165, 1.54) is 6.92 Å². The summed E-state index contributed by atoms with van der Waals surface area (Å²) in [6.45, 7) is 18.6. The number of ether oxygens (including phenoxy) is 1. The highest BCUT2D eigenvalue weighted by molar-refractivity contribution is 5.99. The van der Waals surface area contributed by atoms with Crippen molar-refractivity contribution in [2.45, 2.75) is 240 Å². The fraction of sp³-hybridized carbons (Fsp3) is 0.800. The molecule has 0 spiro atoms. The second-order valence-corrected chi connectivity index (χ2v) is 22.9. The molecule has 25 heteroatoms. The molecule has 0 unspecified atom stereocenters. The number of carbonyl (C=O) groups is 11. The smallest absolute Gasteiger partial charge is 0.328 e. The quantitative estimate of drug-likeness (QED) is 0.0374. The summed E-state index contributed by atoms with van der Waals surface area (Å²) in [6.07, 6.45) is 0.971. The molecular weight excluding hydrogens is 1040 g/mol. The summed E-state index contributed by atoms with van der Waals surface area (Å²) in [5, 5.41) is 63.7. The zero-order valence-corrected chi connectivity index (χ0v) is 49.2. The molecule has 13 N–H and O–H groups in total. The molecule has 1 aliphatic rings. The van der Waals surface area contributed by atoms with Crippen molar-refractivity contribution in [1.82, 2.24) is 47.9 Å². The third-order valence-electron chi connectivity index (χ3n) is 13.5. The Morgan fingerprint density at radius 1 is 0.562 bits per heavy atom. The molecule has 12 atom stereocenters. The van der Waals surface area contributed by atoms with Crippen molar-refractivity contribution in [3.63, 3.8) is 0 Å². The largest absolute Gasteiger partial charge is 0.481 e. The maximum Gasteiger partial charge on any atom is 0.328 e. The molecule has 1 rings (SSSR count). The van der Waals surface area contributed by atoms with Gasteiger partial charge in [-0.25, -0.2) is 4.79 Å². The van der Waals surface area contributed by atoms with E-state index in [0.717, 1.165) is 25.7 Å². The minimum absolute atomic E-state index is 0.00913. The lowest BCUT2D eigenvalue weighted by atomic mass is 9.96. The van der Waals surface area contributed by atoms with Gasteiger partial charge in [0.05, 0.1) is 25.7 Å². The van der Waals surface area contributed by atoms with Crippen LogP contribution in [-0.4, -0.2) is 165 Å². The predicted octanol–water partition coefficient (Wildman–Crippen LogP) is 0.486. The first-order valence-corrected chi connectivity index (χ1v) is 28.5. The first kappa shape index (κ1) is 72.1. The second kappa shape index (κ2) is 37.1. The average molecular weight is 1140 g/mol. The lowest BCUT2D eigenvalue weighted by molar-refractivity contribution is -0.157. The number of hydrogen-bond donors (Lipinski definition) is 13. The van der Waals surface area contributed by atoms with E-state index in [9.17, 15) is 73.2 Å². The number of unbranched alkanes of at least 4 members (excludes halogenated alkanes) is 4. The van der Waals surface area contributed by atoms with Gasteiger partial charge in [-0.15, -0.1) is 0 Å². The van der Waals surface area contributed by atoms with Crippen LogP contribution in [0.3, 0.4) is 0 Å². The topological polar surface area (TPSA) is 386 Å². The van der Waals surface area contributed by atoms with Crippen LogP contribution < -0.4 is 47.9 Å². The van der Waals surface area contributed by atoms with Gasteiger partial charge in [0.25, 0.3) is 0 Å². The molecule has 0 saturated carbocycles. The summed E-state index contributed by atoms with van der Waals surface area (Å²) in [6, 6.07) is -14.1. The Morgan fingerprint density at radius 3 is 1.51 bits per heavy atom. The summed E-state index contributed by atoms with van der Waals surface area (Å²) in [7, 11) is 0. The molecule has 9 amide bonds. The third-order valence-corrected chi connectivity index (χ3v) is 13.5. The lowest BCUT2D eigenvalue weighted by Gasteiger charge is -2.32. The maximum atomic E-state index is 14.8. The zero-order valence-electron chi connectivity index (χ0n) is 49.2. The van der Waals surface area contributed by atoms with Crippen molar-refractivity contribution in [2.75, 3.05) is 13.2 Å². The molecular formula is C55H97N9O16. The number of nitrogens with one attached hydrogen (secondary N) is 9. The van der Waals surface area contributed by atoms with Crippen molar-refractivity contribution in [2.24, 2.45) is 29.6 Å². The molecule has 0 aliphatic carbocycles. The van der Waals surface area contributed by atoms with E-state index in [-0.39, 0.29) is 62.2 Å². The summed E-state index contributed by atoms with van der Waals surface area (Å²) < 4.78 is 5.82. The first-order valence-electron chi connectivity index (χ1n) is 28.5. The molecule has 1 saturated heterocycles. The van der Waals surface area contributed by atoms with E-state index in [1.807, 2.05) is 0 Å². The van der Waals surface area contributed by atoms with Crippen LogP contribution >= 0.6 is 0 Å². The van der Waals surface area contributed by atoms with Gasteiger partial charge in [-0.05, 0) is 75.0 Å². The molecule has 1 fully saturated rings. The molecule has 1 aliphatic heterocycles. The number of carbonyl (C=O) groups excluding carboxylic acids is 10. The van der Waals surface area contributed by atoms with Crippen LogP contribution in [0.2, 0.25) is 0 Å². The van der Waals surface area contributed by atoms with Crippen LogP contribution in [0.15, 0.2) is 0 Å². The predicted molar refractivity (Wildman–Crippen MR) is 295 cm³/mol. The maximum absolute atomic E-state index is 14.8. The Kier molecular flexibility index (Phi) is 33.5. The zero-order chi connectivity index (χ0) is 61.0. The number of amides is 9. The minimum atomic E-state index is -1.95. The van der Waals surface area contributed by atoms with Crippen LogP contribution in [0, 0.1) is 29.6 Å². The van der Waals surface area contributed by atoms with Crippen LogP contribution in [0.5, 0.6) is 0 Å². The van der Waals surface area contributed by atoms with E-state index < -0.39 is 164 Å². The van der Waals surface area contributed by atoms with Crippen LogP contribution in [0.1, 0.15) is 173 Å². The first-order chi connectivity index (χ1) is 37.5. The Bertz CT molecular complexity index is 2040. The average Bonchev–Trinajstić information content (AvgIpc) is 3.36. The third kappa shape index (κ3) is 27.0. The number of esters is 1. The second-order valence-electron chi connectivity index (χ2n) is 22.9. The number of carboxylic acid groups (broad SMARTS) is 1. The molecule has 1 heterocycles. The summed E-state index contributed by atoms with van der Waals surface area (Å²) in [5.41, 5.74) is 0. The van der Waals surface area contributed by atoms with E-state index in [1.54, 1.807) is 69.2 Å². The van der Waals surface area contributed by atoms with Gasteiger partial charge in [0.2, 0.25) is 53.2 Å². The van der Waals surface area contributed by atoms with Gasteiger partial charge in [0.15, 0.2) is 0 Å². The molecule has 0 radical (unpaired) electrons. The molecule has 0 bridgehead atoms. The number of cyclic esters (lactones) is 1. The Morgan fingerprint density at radius 2 is 1.04 bits per heavy atom. The standard InChI is InChI=1S/C55H97N9O16/c1-13-15-16-17-18-19-35(67)26-43(68)56-37(22-29(3)4)48(72)57-36(20-21-44(69)70)47(71)64-46-34(12)80-55(79)40(25-32(9)10)60-52(76)42(28-66)62-49(73)38(23-30(5)6)58-51(75)41(27-65)61-50(74)39(24-31(7)8)59-53(77)45(33(11)14-2)63-54(46)78/h29-42,45-46,65-67H,13-28H2,1-12H3,(H,56,68)(H,57,72)(H,58,75)(H,59,77)(H,60,76)(H,61,74)(H,62,73)(H,63,78)(H,64,71)(H,69,70)/t33-,34+,35-,36+,37-,38-,39-,40-,41+,42+,45+,46+/m0/s1. The van der Waals surface area contributed by atoms with Crippen molar-refractivity contribution < 1.29 is 77.9 Å². The van der Waals surface area contributed by atoms with E-state index >= 15 is 0 Å². The van der Waals surface area contributed by atoms with Gasteiger partial charge in [0, 0.05) is 6.42 Å². The van der Waals surface area contributed by atoms with Crippen LogP contribution in [0.25, 0.3) is 0 Å². The highest BCUT2D eigenvalue weighted by Crippen LogP contribution is 2.17. The van der Waals surface area contributed by atoms with E-state index in [0.29, 0.717) is 12.8 Å². The highest BCUT2D eigenvalue weighted by Gasteiger charge is 2.40. The van der Waals surface area contributed by atoms with Crippen molar-refractivity contribution in [3.05, 3.63) is 0 Å². The lowest BCUT2D eigenvalue weighted by Crippen LogP contribution is -2.63.